The molecule has 20 heavy (non-hydrogen) atoms. The second-order valence-electron chi connectivity index (χ2n) is 4.49. The zero-order valence-corrected chi connectivity index (χ0v) is 12.1. The van der Waals surface area contributed by atoms with Crippen LogP contribution in [0.25, 0.3) is 0 Å². The molecule has 0 aliphatic carbocycles. The van der Waals surface area contributed by atoms with Gasteiger partial charge >= 0.3 is 0 Å². The van der Waals surface area contributed by atoms with Crippen LogP contribution in [0.4, 0.5) is 8.78 Å². The first kappa shape index (κ1) is 15.1. The minimum atomic E-state index is -1.20. The Hall–Kier alpha value is -1.30. The van der Waals surface area contributed by atoms with Crippen LogP contribution in [0.5, 0.6) is 0 Å². The average Bonchev–Trinajstić information content (AvgIpc) is 2.42. The van der Waals surface area contributed by atoms with Crippen LogP contribution in [0.2, 0.25) is 0 Å². The van der Waals surface area contributed by atoms with Crippen LogP contribution in [-0.2, 0) is 0 Å². The van der Waals surface area contributed by atoms with Crippen molar-refractivity contribution < 1.29 is 13.9 Å². The van der Waals surface area contributed by atoms with E-state index in [0.29, 0.717) is 0 Å². The lowest BCUT2D eigenvalue weighted by Gasteiger charge is -2.23. The summed E-state index contributed by atoms with van der Waals surface area (Å²) >= 11 is 3.33. The Kier molecular flexibility index (Phi) is 4.86. The van der Waals surface area contributed by atoms with E-state index in [4.69, 9.17) is 5.73 Å². The molecule has 0 aliphatic rings. The fourth-order valence-corrected chi connectivity index (χ4v) is 2.57. The van der Waals surface area contributed by atoms with Crippen LogP contribution in [0.3, 0.4) is 0 Å². The summed E-state index contributed by atoms with van der Waals surface area (Å²) in [7, 11) is 0. The third kappa shape index (κ3) is 3.06. The number of nitrogens with two attached hydrogens (primary N) is 1. The molecule has 0 bridgehead atoms. The predicted octanol–water partition coefficient (Wildman–Crippen LogP) is 3.50. The number of hydrogen-bond donors (Lipinski definition) is 2. The van der Waals surface area contributed by atoms with Crippen LogP contribution in [-0.4, -0.2) is 11.7 Å². The number of aliphatic hydroxyl groups excluding tert-OH is 1. The maximum absolute atomic E-state index is 13.8. The van der Waals surface area contributed by atoms with Gasteiger partial charge in [-0.2, -0.15) is 0 Å². The zero-order valence-electron chi connectivity index (χ0n) is 10.6. The highest BCUT2D eigenvalue weighted by molar-refractivity contribution is 9.10. The molecule has 2 atom stereocenters. The Morgan fingerprint density at radius 1 is 1.15 bits per heavy atom. The van der Waals surface area contributed by atoms with Crippen molar-refractivity contribution in [2.24, 2.45) is 5.73 Å². The Bertz CT molecular complexity index is 606. The Morgan fingerprint density at radius 2 is 1.85 bits per heavy atom. The zero-order chi connectivity index (χ0) is 14.7. The predicted molar refractivity (Wildman–Crippen MR) is 77.3 cm³/mol. The van der Waals surface area contributed by atoms with Crippen LogP contribution in [0.15, 0.2) is 46.9 Å². The Balaban J connectivity index is 2.39. The molecule has 2 rings (SSSR count). The molecule has 5 heteroatoms. The van der Waals surface area contributed by atoms with Gasteiger partial charge in [0.25, 0.3) is 0 Å². The van der Waals surface area contributed by atoms with Gasteiger partial charge in [0.15, 0.2) is 11.6 Å². The van der Waals surface area contributed by atoms with Crippen molar-refractivity contribution in [2.45, 2.75) is 12.0 Å². The van der Waals surface area contributed by atoms with E-state index in [1.807, 2.05) is 6.07 Å². The van der Waals surface area contributed by atoms with Gasteiger partial charge in [0.2, 0.25) is 0 Å². The summed E-state index contributed by atoms with van der Waals surface area (Å²) in [6, 6.07) is 11.0. The lowest BCUT2D eigenvalue weighted by molar-refractivity contribution is 0.142. The average molecular weight is 342 g/mol. The van der Waals surface area contributed by atoms with Crippen LogP contribution in [0.1, 0.15) is 23.1 Å². The van der Waals surface area contributed by atoms with Gasteiger partial charge in [-0.25, -0.2) is 8.78 Å². The molecule has 0 spiro atoms. The summed E-state index contributed by atoms with van der Waals surface area (Å²) in [5.41, 5.74) is 6.37. The Morgan fingerprint density at radius 3 is 2.50 bits per heavy atom. The van der Waals surface area contributed by atoms with E-state index in [2.05, 4.69) is 15.9 Å². The number of halogens is 3. The van der Waals surface area contributed by atoms with E-state index >= 15 is 0 Å². The first-order chi connectivity index (χ1) is 9.54. The summed E-state index contributed by atoms with van der Waals surface area (Å²) in [5, 5.41) is 10.3. The van der Waals surface area contributed by atoms with Crippen LogP contribution in [0, 0.1) is 11.6 Å². The van der Waals surface area contributed by atoms with Gasteiger partial charge in [-0.1, -0.05) is 40.2 Å². The monoisotopic (exact) mass is 341 g/mol. The van der Waals surface area contributed by atoms with Crippen molar-refractivity contribution >= 4 is 15.9 Å². The molecule has 0 fully saturated rings. The van der Waals surface area contributed by atoms with E-state index in [1.165, 1.54) is 12.1 Å². The molecule has 2 aromatic carbocycles. The molecular formula is C15H14BrF2NO. The summed E-state index contributed by atoms with van der Waals surface area (Å²) < 4.78 is 27.8. The first-order valence-electron chi connectivity index (χ1n) is 6.12. The molecule has 106 valence electrons. The molecule has 0 saturated carbocycles. The summed E-state index contributed by atoms with van der Waals surface area (Å²) in [4.78, 5) is 0. The lowest BCUT2D eigenvalue weighted by Crippen LogP contribution is -2.21. The molecular weight excluding hydrogens is 328 g/mol. The summed E-state index contributed by atoms with van der Waals surface area (Å²) in [5.74, 6) is -2.52. The van der Waals surface area contributed by atoms with Gasteiger partial charge in [-0.15, -0.1) is 0 Å². The first-order valence-corrected chi connectivity index (χ1v) is 6.91. The largest absolute Gasteiger partial charge is 0.388 e. The molecule has 2 nitrogen and oxygen atoms in total. The minimum absolute atomic E-state index is 0.0829. The van der Waals surface area contributed by atoms with Gasteiger partial charge in [0.1, 0.15) is 0 Å². The normalized spacial score (nSPS) is 14.1. The van der Waals surface area contributed by atoms with Crippen molar-refractivity contribution in [2.75, 3.05) is 6.54 Å². The van der Waals surface area contributed by atoms with Gasteiger partial charge in [0, 0.05) is 22.5 Å². The van der Waals surface area contributed by atoms with Gasteiger partial charge in [-0.3, -0.25) is 0 Å². The number of hydrogen-bond acceptors (Lipinski definition) is 2. The van der Waals surface area contributed by atoms with E-state index in [1.54, 1.807) is 18.2 Å². The molecule has 0 heterocycles. The molecule has 2 unspecified atom stereocenters. The highest BCUT2D eigenvalue weighted by Crippen LogP contribution is 2.33. The van der Waals surface area contributed by atoms with E-state index in [0.717, 1.165) is 16.1 Å². The third-order valence-electron chi connectivity index (χ3n) is 3.21. The second-order valence-corrected chi connectivity index (χ2v) is 5.40. The fraction of sp³-hybridized carbons (Fsp3) is 0.200. The van der Waals surface area contributed by atoms with Crippen molar-refractivity contribution in [3.05, 3.63) is 69.7 Å². The SMILES string of the molecule is NCC(c1cccc(Br)c1)C(O)c1cccc(F)c1F. The standard InChI is InChI=1S/C15H14BrF2NO/c16-10-4-1-3-9(7-10)12(8-19)15(20)11-5-2-6-13(17)14(11)18/h1-7,12,15,20H,8,19H2. The van der Waals surface area contributed by atoms with Crippen LogP contribution >= 0.6 is 15.9 Å². The molecule has 0 aromatic heterocycles. The van der Waals surface area contributed by atoms with Gasteiger partial charge in [-0.05, 0) is 23.8 Å². The minimum Gasteiger partial charge on any atom is -0.388 e. The molecule has 3 N–H and O–H groups in total. The molecule has 2 aromatic rings. The lowest BCUT2D eigenvalue weighted by atomic mass is 9.89. The molecule has 0 amide bonds. The van der Waals surface area contributed by atoms with Crippen LogP contribution < -0.4 is 5.73 Å². The topological polar surface area (TPSA) is 46.2 Å². The van der Waals surface area contributed by atoms with Crippen molar-refractivity contribution in [1.82, 2.24) is 0 Å². The number of benzene rings is 2. The fourth-order valence-electron chi connectivity index (χ4n) is 2.15. The quantitative estimate of drug-likeness (QED) is 0.893. The third-order valence-corrected chi connectivity index (χ3v) is 3.71. The van der Waals surface area contributed by atoms with E-state index in [9.17, 15) is 13.9 Å². The van der Waals surface area contributed by atoms with Crippen molar-refractivity contribution in [3.8, 4) is 0 Å². The highest BCUT2D eigenvalue weighted by atomic mass is 79.9. The second kappa shape index (κ2) is 6.43. The van der Waals surface area contributed by atoms with Gasteiger partial charge in [0.05, 0.1) is 6.10 Å². The highest BCUT2D eigenvalue weighted by Gasteiger charge is 2.25. The maximum atomic E-state index is 13.8. The van der Waals surface area contributed by atoms with E-state index < -0.39 is 23.7 Å². The summed E-state index contributed by atoms with van der Waals surface area (Å²) in [6.07, 6.45) is -1.20. The summed E-state index contributed by atoms with van der Waals surface area (Å²) in [6.45, 7) is 0.119. The van der Waals surface area contributed by atoms with Crippen molar-refractivity contribution in [1.29, 1.82) is 0 Å². The number of rotatable bonds is 4. The molecule has 0 radical (unpaired) electrons. The molecule has 0 saturated heterocycles. The molecule has 0 aliphatic heterocycles. The number of aliphatic hydroxyl groups is 1. The maximum Gasteiger partial charge on any atom is 0.164 e. The smallest absolute Gasteiger partial charge is 0.164 e. The van der Waals surface area contributed by atoms with Gasteiger partial charge < -0.3 is 10.8 Å². The Labute approximate surface area is 124 Å². The van der Waals surface area contributed by atoms with Crippen molar-refractivity contribution in [3.63, 3.8) is 0 Å². The van der Waals surface area contributed by atoms with E-state index in [-0.39, 0.29) is 12.1 Å².